The zero-order valence-corrected chi connectivity index (χ0v) is 15.7. The molecular weight excluding hydrogens is 344 g/mol. The minimum absolute atomic E-state index is 0.0715. The number of aryl methyl sites for hydroxylation is 1. The van der Waals surface area contributed by atoms with E-state index in [9.17, 15) is 4.79 Å². The number of hydrogen-bond donors (Lipinski definition) is 3. The second kappa shape index (κ2) is 7.03. The Kier molecular flexibility index (Phi) is 4.59. The fourth-order valence-corrected chi connectivity index (χ4v) is 3.43. The number of rotatable bonds is 6. The van der Waals surface area contributed by atoms with Gasteiger partial charge in [0.25, 0.3) is 0 Å². The van der Waals surface area contributed by atoms with E-state index in [4.69, 9.17) is 0 Å². The number of nitrogens with one attached hydrogen (secondary N) is 3. The molecule has 1 aromatic carbocycles. The highest BCUT2D eigenvalue weighted by Gasteiger charge is 2.30. The average molecular weight is 366 g/mol. The smallest absolute Gasteiger partial charge is 0.228 e. The Hall–Kier alpha value is -2.47. The number of aromatic amines is 1. The molecule has 3 aromatic rings. The number of aromatic nitrogens is 2. The van der Waals surface area contributed by atoms with Gasteiger partial charge in [-0.15, -0.1) is 0 Å². The molecule has 2 aromatic heterocycles. The zero-order chi connectivity index (χ0) is 18.1. The SMILES string of the molecule is CCSNc1ccc(-c2cc(NC(=O)C3CC3)nc3[nH]c(C)cc23)cc1. The molecule has 134 valence electrons. The number of carbonyl (C=O) groups excluding carboxylic acids is 1. The fraction of sp³-hybridized carbons (Fsp3) is 0.300. The predicted molar refractivity (Wildman–Crippen MR) is 109 cm³/mol. The van der Waals surface area contributed by atoms with Gasteiger partial charge in [-0.1, -0.05) is 31.0 Å². The van der Waals surface area contributed by atoms with Crippen molar-refractivity contribution in [3.05, 3.63) is 42.1 Å². The predicted octanol–water partition coefficient (Wildman–Crippen LogP) is 4.97. The molecule has 1 aliphatic rings. The first-order valence-corrected chi connectivity index (χ1v) is 9.92. The summed E-state index contributed by atoms with van der Waals surface area (Å²) in [7, 11) is 0. The third-order valence-electron chi connectivity index (χ3n) is 4.46. The van der Waals surface area contributed by atoms with E-state index in [1.54, 1.807) is 11.9 Å². The Morgan fingerprint density at radius 1 is 1.27 bits per heavy atom. The standard InChI is InChI=1S/C20H22N4OS/c1-3-26-24-15-8-6-13(7-9-15)16-11-18(23-20(25)14-4-5-14)22-19-17(16)10-12(2)21-19/h6-11,14,24H,3-5H2,1-2H3,(H2,21,22,23,25). The van der Waals surface area contributed by atoms with Gasteiger partial charge in [-0.05, 0) is 55.2 Å². The lowest BCUT2D eigenvalue weighted by Crippen LogP contribution is -2.14. The van der Waals surface area contributed by atoms with Gasteiger partial charge in [0.05, 0.1) is 0 Å². The van der Waals surface area contributed by atoms with E-state index in [-0.39, 0.29) is 11.8 Å². The molecule has 0 aliphatic heterocycles. The molecule has 26 heavy (non-hydrogen) atoms. The van der Waals surface area contributed by atoms with Gasteiger partial charge in [-0.25, -0.2) is 4.98 Å². The lowest BCUT2D eigenvalue weighted by Gasteiger charge is -2.10. The molecule has 3 N–H and O–H groups in total. The zero-order valence-electron chi connectivity index (χ0n) is 14.9. The number of fused-ring (bicyclic) bond motifs is 1. The molecule has 0 radical (unpaired) electrons. The first-order valence-electron chi connectivity index (χ1n) is 8.93. The molecule has 0 bridgehead atoms. The molecule has 1 amide bonds. The number of H-pyrrole nitrogens is 1. The highest BCUT2D eigenvalue weighted by Crippen LogP contribution is 2.33. The number of pyridine rings is 1. The van der Waals surface area contributed by atoms with Crippen LogP contribution in [0, 0.1) is 12.8 Å². The summed E-state index contributed by atoms with van der Waals surface area (Å²) in [6.07, 6.45) is 1.96. The lowest BCUT2D eigenvalue weighted by atomic mass is 10.0. The molecular formula is C20H22N4OS. The Labute approximate surface area is 157 Å². The van der Waals surface area contributed by atoms with Crippen molar-refractivity contribution in [3.63, 3.8) is 0 Å². The number of benzene rings is 1. The Balaban J connectivity index is 1.70. The van der Waals surface area contributed by atoms with Crippen molar-refractivity contribution in [2.24, 2.45) is 5.92 Å². The number of hydrogen-bond acceptors (Lipinski definition) is 4. The third-order valence-corrected chi connectivity index (χ3v) is 5.13. The molecule has 4 rings (SSSR count). The topological polar surface area (TPSA) is 69.8 Å². The van der Waals surface area contributed by atoms with Crippen LogP contribution in [0.3, 0.4) is 0 Å². The minimum atomic E-state index is 0.0715. The monoisotopic (exact) mass is 366 g/mol. The van der Waals surface area contributed by atoms with Crippen LogP contribution in [0.5, 0.6) is 0 Å². The molecule has 5 nitrogen and oxygen atoms in total. The highest BCUT2D eigenvalue weighted by atomic mass is 32.2. The average Bonchev–Trinajstić information content (AvgIpc) is 3.42. The van der Waals surface area contributed by atoms with Crippen LogP contribution in [-0.2, 0) is 4.79 Å². The molecule has 1 fully saturated rings. The second-order valence-electron chi connectivity index (χ2n) is 6.65. The van der Waals surface area contributed by atoms with Crippen LogP contribution >= 0.6 is 11.9 Å². The third kappa shape index (κ3) is 3.55. The van der Waals surface area contributed by atoms with Crippen LogP contribution in [0.4, 0.5) is 11.5 Å². The maximum absolute atomic E-state index is 12.1. The van der Waals surface area contributed by atoms with E-state index < -0.39 is 0 Å². The van der Waals surface area contributed by atoms with Crippen LogP contribution in [0.1, 0.15) is 25.5 Å². The number of anilines is 2. The summed E-state index contributed by atoms with van der Waals surface area (Å²) < 4.78 is 3.31. The van der Waals surface area contributed by atoms with Crippen LogP contribution in [0.25, 0.3) is 22.2 Å². The summed E-state index contributed by atoms with van der Waals surface area (Å²) in [5.41, 5.74) is 5.11. The van der Waals surface area contributed by atoms with Crippen molar-refractivity contribution in [1.29, 1.82) is 0 Å². The van der Waals surface area contributed by atoms with Gasteiger partial charge >= 0.3 is 0 Å². The van der Waals surface area contributed by atoms with E-state index in [0.29, 0.717) is 5.82 Å². The van der Waals surface area contributed by atoms with Crippen molar-refractivity contribution >= 4 is 40.4 Å². The van der Waals surface area contributed by atoms with E-state index in [0.717, 1.165) is 52.1 Å². The maximum Gasteiger partial charge on any atom is 0.228 e. The van der Waals surface area contributed by atoms with Gasteiger partial charge in [0, 0.05) is 28.4 Å². The molecule has 1 aliphatic carbocycles. The Morgan fingerprint density at radius 3 is 2.73 bits per heavy atom. The van der Waals surface area contributed by atoms with Gasteiger partial charge in [-0.3, -0.25) is 4.79 Å². The van der Waals surface area contributed by atoms with Gasteiger partial charge < -0.3 is 15.0 Å². The van der Waals surface area contributed by atoms with E-state index in [1.807, 2.05) is 13.0 Å². The molecule has 0 atom stereocenters. The number of carbonyl (C=O) groups is 1. The first kappa shape index (κ1) is 17.0. The van der Waals surface area contributed by atoms with Crippen LogP contribution < -0.4 is 10.0 Å². The summed E-state index contributed by atoms with van der Waals surface area (Å²) in [4.78, 5) is 20.0. The quantitative estimate of drug-likeness (QED) is 0.539. The highest BCUT2D eigenvalue weighted by molar-refractivity contribution is 8.00. The van der Waals surface area contributed by atoms with Crippen LogP contribution in [-0.4, -0.2) is 21.6 Å². The van der Waals surface area contributed by atoms with E-state index in [2.05, 4.69) is 57.3 Å². The molecule has 0 unspecified atom stereocenters. The number of nitrogens with zero attached hydrogens (tertiary/aromatic N) is 1. The van der Waals surface area contributed by atoms with Crippen molar-refractivity contribution in [2.45, 2.75) is 26.7 Å². The van der Waals surface area contributed by atoms with Crippen LogP contribution in [0.2, 0.25) is 0 Å². The second-order valence-corrected chi connectivity index (χ2v) is 7.72. The maximum atomic E-state index is 12.1. The first-order chi connectivity index (χ1) is 12.6. The van der Waals surface area contributed by atoms with Crippen molar-refractivity contribution in [1.82, 2.24) is 9.97 Å². The van der Waals surface area contributed by atoms with Gasteiger partial charge in [-0.2, -0.15) is 0 Å². The van der Waals surface area contributed by atoms with Gasteiger partial charge in [0.2, 0.25) is 5.91 Å². The van der Waals surface area contributed by atoms with Gasteiger partial charge in [0.1, 0.15) is 11.5 Å². The van der Waals surface area contributed by atoms with E-state index in [1.165, 1.54) is 0 Å². The largest absolute Gasteiger partial charge is 0.343 e. The molecule has 1 saturated carbocycles. The fourth-order valence-electron chi connectivity index (χ4n) is 2.99. The summed E-state index contributed by atoms with van der Waals surface area (Å²) >= 11 is 1.67. The Morgan fingerprint density at radius 2 is 2.04 bits per heavy atom. The van der Waals surface area contributed by atoms with Crippen molar-refractivity contribution < 1.29 is 4.79 Å². The van der Waals surface area contributed by atoms with Gasteiger partial charge in [0.15, 0.2) is 0 Å². The normalized spacial score (nSPS) is 13.8. The van der Waals surface area contributed by atoms with E-state index >= 15 is 0 Å². The summed E-state index contributed by atoms with van der Waals surface area (Å²) in [5, 5.41) is 4.03. The number of amides is 1. The Bertz CT molecular complexity index is 944. The molecule has 0 spiro atoms. The summed E-state index contributed by atoms with van der Waals surface area (Å²) in [6, 6.07) is 12.4. The summed E-state index contributed by atoms with van der Waals surface area (Å²) in [5.74, 6) is 1.85. The lowest BCUT2D eigenvalue weighted by molar-refractivity contribution is -0.117. The summed E-state index contributed by atoms with van der Waals surface area (Å²) in [6.45, 7) is 4.13. The molecule has 6 heteroatoms. The minimum Gasteiger partial charge on any atom is -0.343 e. The van der Waals surface area contributed by atoms with Crippen LogP contribution in [0.15, 0.2) is 36.4 Å². The van der Waals surface area contributed by atoms with Crippen molar-refractivity contribution in [3.8, 4) is 11.1 Å². The van der Waals surface area contributed by atoms with Crippen molar-refractivity contribution in [2.75, 3.05) is 15.8 Å². The molecule has 0 saturated heterocycles. The molecule has 2 heterocycles.